The molecule has 3 rings (SSSR count). The number of nitrogen functional groups attached to an aromatic ring is 1. The van der Waals surface area contributed by atoms with Crippen LogP contribution in [0.1, 0.15) is 18.9 Å². The van der Waals surface area contributed by atoms with Gasteiger partial charge in [0.25, 0.3) is 0 Å². The van der Waals surface area contributed by atoms with Gasteiger partial charge in [-0.1, -0.05) is 23.8 Å². The number of rotatable bonds is 1. The molecule has 0 saturated carbocycles. The average molecular weight is 236 g/mol. The van der Waals surface area contributed by atoms with Crippen molar-refractivity contribution in [2.24, 2.45) is 0 Å². The molecule has 0 fully saturated rings. The Kier molecular flexibility index (Phi) is 2.07. The molecule has 82 valence electrons. The molecule has 16 heavy (non-hydrogen) atoms. The van der Waals surface area contributed by atoms with E-state index in [1.807, 2.05) is 4.57 Å². The summed E-state index contributed by atoms with van der Waals surface area (Å²) in [4.78, 5) is 12.3. The van der Waals surface area contributed by atoms with Gasteiger partial charge in [0.05, 0.1) is 6.33 Å². The molecular weight excluding hydrogens is 226 g/mol. The lowest BCUT2D eigenvalue weighted by atomic mass is 10.2. The molecule has 5 nitrogen and oxygen atoms in total. The number of hydrogen-bond acceptors (Lipinski definition) is 4. The van der Waals surface area contributed by atoms with Gasteiger partial charge in [0.2, 0.25) is 5.95 Å². The molecule has 0 aliphatic heterocycles. The molecule has 0 atom stereocenters. The van der Waals surface area contributed by atoms with Crippen molar-refractivity contribution in [2.45, 2.75) is 18.9 Å². The molecule has 1 aliphatic carbocycles. The van der Waals surface area contributed by atoms with Crippen molar-refractivity contribution in [2.75, 3.05) is 5.73 Å². The lowest BCUT2D eigenvalue weighted by Gasteiger charge is -2.11. The summed E-state index contributed by atoms with van der Waals surface area (Å²) in [7, 11) is 0. The van der Waals surface area contributed by atoms with Gasteiger partial charge in [-0.25, -0.2) is 4.98 Å². The van der Waals surface area contributed by atoms with Crippen molar-refractivity contribution in [1.29, 1.82) is 0 Å². The smallest absolute Gasteiger partial charge is 0.223 e. The topological polar surface area (TPSA) is 69.6 Å². The Morgan fingerprint density at radius 1 is 1.31 bits per heavy atom. The number of nitrogens with zero attached hydrogens (tertiary/aromatic N) is 4. The van der Waals surface area contributed by atoms with Gasteiger partial charge in [-0.15, -0.1) is 0 Å². The van der Waals surface area contributed by atoms with Crippen LogP contribution in [0.15, 0.2) is 18.5 Å². The van der Waals surface area contributed by atoms with Gasteiger partial charge in [0, 0.05) is 6.04 Å². The van der Waals surface area contributed by atoms with Gasteiger partial charge >= 0.3 is 0 Å². The Morgan fingerprint density at radius 2 is 2.06 bits per heavy atom. The number of nitrogens with two attached hydrogens (primary N) is 1. The van der Waals surface area contributed by atoms with Crippen molar-refractivity contribution >= 4 is 28.7 Å². The zero-order valence-electron chi connectivity index (χ0n) is 8.47. The molecule has 0 spiro atoms. The molecule has 0 unspecified atom stereocenters. The molecule has 2 aromatic rings. The minimum atomic E-state index is 0.185. The SMILES string of the molecule is Nc1nc(Cl)c2ncn(C3CC=CC3)c2n1. The fourth-order valence-corrected chi connectivity index (χ4v) is 2.21. The summed E-state index contributed by atoms with van der Waals surface area (Å²) < 4.78 is 2.01. The van der Waals surface area contributed by atoms with Crippen LogP contribution in [0.25, 0.3) is 11.2 Å². The van der Waals surface area contributed by atoms with Crippen LogP contribution >= 0.6 is 11.6 Å². The van der Waals surface area contributed by atoms with Gasteiger partial charge in [-0.2, -0.15) is 9.97 Å². The Morgan fingerprint density at radius 3 is 2.81 bits per heavy atom. The number of imidazole rings is 1. The Bertz CT molecular complexity index is 566. The second-order valence-electron chi connectivity index (χ2n) is 3.79. The van der Waals surface area contributed by atoms with Crippen LogP contribution in [-0.4, -0.2) is 19.5 Å². The van der Waals surface area contributed by atoms with Gasteiger partial charge < -0.3 is 10.3 Å². The van der Waals surface area contributed by atoms with Crippen LogP contribution in [0.5, 0.6) is 0 Å². The first-order chi connectivity index (χ1) is 7.75. The molecule has 0 radical (unpaired) electrons. The predicted molar refractivity (Wildman–Crippen MR) is 62.2 cm³/mol. The molecule has 2 N–H and O–H groups in total. The lowest BCUT2D eigenvalue weighted by Crippen LogP contribution is -2.05. The summed E-state index contributed by atoms with van der Waals surface area (Å²) in [6.07, 6.45) is 8.05. The maximum atomic E-state index is 5.96. The lowest BCUT2D eigenvalue weighted by molar-refractivity contribution is 0.547. The van der Waals surface area contributed by atoms with Crippen molar-refractivity contribution in [3.63, 3.8) is 0 Å². The van der Waals surface area contributed by atoms with Gasteiger partial charge in [-0.3, -0.25) is 0 Å². The summed E-state index contributed by atoms with van der Waals surface area (Å²) in [6, 6.07) is 0.371. The first-order valence-corrected chi connectivity index (χ1v) is 5.44. The Balaban J connectivity index is 2.18. The van der Waals surface area contributed by atoms with E-state index in [0.29, 0.717) is 22.4 Å². The van der Waals surface area contributed by atoms with Crippen molar-refractivity contribution in [3.05, 3.63) is 23.6 Å². The highest BCUT2D eigenvalue weighted by atomic mass is 35.5. The number of allylic oxidation sites excluding steroid dienone is 2. The summed E-state index contributed by atoms with van der Waals surface area (Å²) in [5, 5.41) is 0.312. The minimum absolute atomic E-state index is 0.185. The maximum Gasteiger partial charge on any atom is 0.223 e. The maximum absolute atomic E-state index is 5.96. The summed E-state index contributed by atoms with van der Waals surface area (Å²) in [6.45, 7) is 0. The standard InChI is InChI=1S/C10H10ClN5/c11-8-7-9(15-10(12)14-8)16(5-13-7)6-3-1-2-4-6/h1-2,5-6H,3-4H2,(H2,12,14,15). The first-order valence-electron chi connectivity index (χ1n) is 5.06. The van der Waals surface area contributed by atoms with Gasteiger partial charge in [0.15, 0.2) is 10.8 Å². The van der Waals surface area contributed by atoms with E-state index < -0.39 is 0 Å². The molecule has 0 amide bonds. The van der Waals surface area contributed by atoms with Crippen molar-refractivity contribution in [1.82, 2.24) is 19.5 Å². The highest BCUT2D eigenvalue weighted by molar-refractivity contribution is 6.33. The van der Waals surface area contributed by atoms with Crippen LogP contribution in [0.4, 0.5) is 5.95 Å². The molecule has 0 aromatic carbocycles. The van der Waals surface area contributed by atoms with E-state index in [1.54, 1.807) is 6.33 Å². The quantitative estimate of drug-likeness (QED) is 0.606. The van der Waals surface area contributed by atoms with Crippen LogP contribution in [0.2, 0.25) is 5.15 Å². The normalized spacial score (nSPS) is 16.3. The van der Waals surface area contributed by atoms with Gasteiger partial charge in [-0.05, 0) is 12.8 Å². The van der Waals surface area contributed by atoms with E-state index in [4.69, 9.17) is 17.3 Å². The zero-order valence-corrected chi connectivity index (χ0v) is 9.22. The number of fused-ring (bicyclic) bond motifs is 1. The third kappa shape index (κ3) is 1.36. The second kappa shape index (κ2) is 3.45. The van der Waals surface area contributed by atoms with E-state index in [9.17, 15) is 0 Å². The number of halogens is 1. The fraction of sp³-hybridized carbons (Fsp3) is 0.300. The summed E-state index contributed by atoms with van der Waals surface area (Å²) in [5.74, 6) is 0.185. The van der Waals surface area contributed by atoms with E-state index >= 15 is 0 Å². The molecule has 6 heteroatoms. The number of anilines is 1. The van der Waals surface area contributed by atoms with Crippen LogP contribution in [0, 0.1) is 0 Å². The summed E-state index contributed by atoms with van der Waals surface area (Å²) in [5.41, 5.74) is 6.92. The van der Waals surface area contributed by atoms with E-state index in [1.165, 1.54) is 0 Å². The number of aromatic nitrogens is 4. The van der Waals surface area contributed by atoms with E-state index in [2.05, 4.69) is 27.1 Å². The summed E-state index contributed by atoms with van der Waals surface area (Å²) >= 11 is 5.96. The Hall–Kier alpha value is -1.62. The Labute approximate surface area is 97.0 Å². The van der Waals surface area contributed by atoms with Crippen LogP contribution in [0.3, 0.4) is 0 Å². The largest absolute Gasteiger partial charge is 0.368 e. The molecule has 1 aliphatic rings. The van der Waals surface area contributed by atoms with E-state index in [0.717, 1.165) is 12.8 Å². The third-order valence-electron chi connectivity index (χ3n) is 2.77. The van der Waals surface area contributed by atoms with E-state index in [-0.39, 0.29) is 5.95 Å². The van der Waals surface area contributed by atoms with Crippen molar-refractivity contribution < 1.29 is 0 Å². The molecule has 0 bridgehead atoms. The third-order valence-corrected chi connectivity index (χ3v) is 3.04. The highest BCUT2D eigenvalue weighted by Crippen LogP contribution is 2.28. The molecule has 0 saturated heterocycles. The van der Waals surface area contributed by atoms with Crippen LogP contribution in [-0.2, 0) is 0 Å². The van der Waals surface area contributed by atoms with Gasteiger partial charge in [0.1, 0.15) is 5.52 Å². The zero-order chi connectivity index (χ0) is 11.1. The minimum Gasteiger partial charge on any atom is -0.368 e. The number of hydrogen-bond donors (Lipinski definition) is 1. The first kappa shape index (κ1) is 9.59. The molecule has 2 heterocycles. The fourth-order valence-electron chi connectivity index (χ4n) is 2.00. The monoisotopic (exact) mass is 235 g/mol. The predicted octanol–water partition coefficient (Wildman–Crippen LogP) is 1.95. The molecular formula is C10H10ClN5. The molecule has 2 aromatic heterocycles. The van der Waals surface area contributed by atoms with Crippen LogP contribution < -0.4 is 5.73 Å². The average Bonchev–Trinajstić information content (AvgIpc) is 2.83. The highest BCUT2D eigenvalue weighted by Gasteiger charge is 2.18. The van der Waals surface area contributed by atoms with Crippen molar-refractivity contribution in [3.8, 4) is 0 Å². The second-order valence-corrected chi connectivity index (χ2v) is 4.15.